The molecule has 0 saturated carbocycles. The normalized spacial score (nSPS) is 24.6. The van der Waals surface area contributed by atoms with Crippen molar-refractivity contribution in [3.05, 3.63) is 21.9 Å². The molecular formula is C11H17NOS. The van der Waals surface area contributed by atoms with Gasteiger partial charge >= 0.3 is 0 Å². The minimum absolute atomic E-state index is 0.224. The highest BCUT2D eigenvalue weighted by Crippen LogP contribution is 2.32. The van der Waals surface area contributed by atoms with E-state index in [1.54, 1.807) is 0 Å². The van der Waals surface area contributed by atoms with Gasteiger partial charge in [-0.25, -0.2) is 0 Å². The van der Waals surface area contributed by atoms with Crippen LogP contribution in [0.5, 0.6) is 0 Å². The molecule has 2 rings (SSSR count). The van der Waals surface area contributed by atoms with Crippen LogP contribution < -0.4 is 0 Å². The average Bonchev–Trinajstić information content (AvgIpc) is 2.57. The Morgan fingerprint density at radius 2 is 2.50 bits per heavy atom. The molecule has 0 radical (unpaired) electrons. The van der Waals surface area contributed by atoms with Crippen LogP contribution in [0.15, 0.2) is 11.4 Å². The Morgan fingerprint density at radius 1 is 1.71 bits per heavy atom. The SMILES string of the molecule is CC1c2ccsc2CCN1C[C@H](C)O. The number of thiophene rings is 1. The topological polar surface area (TPSA) is 23.5 Å². The summed E-state index contributed by atoms with van der Waals surface area (Å²) in [6.07, 6.45) is 0.919. The third-order valence-corrected chi connectivity index (χ3v) is 3.90. The Morgan fingerprint density at radius 3 is 3.21 bits per heavy atom. The van der Waals surface area contributed by atoms with E-state index in [-0.39, 0.29) is 6.10 Å². The number of hydrogen-bond acceptors (Lipinski definition) is 3. The molecule has 1 unspecified atom stereocenters. The maximum absolute atomic E-state index is 9.38. The summed E-state index contributed by atoms with van der Waals surface area (Å²) in [4.78, 5) is 3.89. The molecule has 0 fully saturated rings. The zero-order valence-corrected chi connectivity index (χ0v) is 9.55. The summed E-state index contributed by atoms with van der Waals surface area (Å²) in [7, 11) is 0. The molecule has 0 aromatic carbocycles. The summed E-state index contributed by atoms with van der Waals surface area (Å²) in [5.41, 5.74) is 1.46. The van der Waals surface area contributed by atoms with Crippen LogP contribution in [-0.4, -0.2) is 29.2 Å². The largest absolute Gasteiger partial charge is 0.392 e. The van der Waals surface area contributed by atoms with Gasteiger partial charge in [-0.15, -0.1) is 11.3 Å². The maximum atomic E-state index is 9.38. The summed E-state index contributed by atoms with van der Waals surface area (Å²) in [6, 6.07) is 2.69. The van der Waals surface area contributed by atoms with Crippen molar-refractivity contribution < 1.29 is 5.11 Å². The van der Waals surface area contributed by atoms with Crippen molar-refractivity contribution in [3.8, 4) is 0 Å². The number of fused-ring (bicyclic) bond motifs is 1. The molecule has 1 aliphatic rings. The van der Waals surface area contributed by atoms with Gasteiger partial charge in [-0.2, -0.15) is 0 Å². The lowest BCUT2D eigenvalue weighted by atomic mass is 10.0. The standard InChI is InChI=1S/C11H17NOS/c1-8(13)7-12-5-3-11-10(9(12)2)4-6-14-11/h4,6,8-9,13H,3,5,7H2,1-2H3/t8-,9?/m0/s1. The second-order valence-corrected chi connectivity index (χ2v) is 5.07. The van der Waals surface area contributed by atoms with Crippen LogP contribution in [0.2, 0.25) is 0 Å². The van der Waals surface area contributed by atoms with E-state index in [9.17, 15) is 5.11 Å². The van der Waals surface area contributed by atoms with Crippen molar-refractivity contribution in [3.63, 3.8) is 0 Å². The highest BCUT2D eigenvalue weighted by atomic mass is 32.1. The Balaban J connectivity index is 2.13. The molecule has 0 aliphatic carbocycles. The summed E-state index contributed by atoms with van der Waals surface area (Å²) in [5.74, 6) is 0. The van der Waals surface area contributed by atoms with Gasteiger partial charge in [-0.05, 0) is 37.3 Å². The van der Waals surface area contributed by atoms with Gasteiger partial charge < -0.3 is 5.11 Å². The number of rotatable bonds is 2. The van der Waals surface area contributed by atoms with Crippen LogP contribution >= 0.6 is 11.3 Å². The molecule has 14 heavy (non-hydrogen) atoms. The van der Waals surface area contributed by atoms with Crippen LogP contribution in [0, 0.1) is 0 Å². The zero-order valence-electron chi connectivity index (χ0n) is 8.73. The molecule has 2 nitrogen and oxygen atoms in total. The summed E-state index contributed by atoms with van der Waals surface area (Å²) in [6.45, 7) is 5.96. The summed E-state index contributed by atoms with van der Waals surface area (Å²) >= 11 is 1.86. The van der Waals surface area contributed by atoms with Gasteiger partial charge in [0.2, 0.25) is 0 Å². The second kappa shape index (κ2) is 4.01. The number of β-amino-alcohol motifs (C(OH)–C–C–N with tert-alkyl or cyclic N) is 1. The highest BCUT2D eigenvalue weighted by molar-refractivity contribution is 7.10. The Labute approximate surface area is 89.2 Å². The lowest BCUT2D eigenvalue weighted by molar-refractivity contribution is 0.0986. The molecule has 78 valence electrons. The fraction of sp³-hybridized carbons (Fsp3) is 0.636. The monoisotopic (exact) mass is 211 g/mol. The van der Waals surface area contributed by atoms with E-state index in [1.165, 1.54) is 10.4 Å². The fourth-order valence-corrected chi connectivity index (χ4v) is 3.11. The molecule has 0 saturated heterocycles. The second-order valence-electron chi connectivity index (χ2n) is 4.07. The van der Waals surface area contributed by atoms with Crippen LogP contribution in [0.1, 0.15) is 30.3 Å². The van der Waals surface area contributed by atoms with Crippen LogP contribution in [0.25, 0.3) is 0 Å². The quantitative estimate of drug-likeness (QED) is 0.809. The van der Waals surface area contributed by atoms with E-state index in [0.29, 0.717) is 6.04 Å². The molecule has 3 heteroatoms. The lowest BCUT2D eigenvalue weighted by Crippen LogP contribution is -2.37. The van der Waals surface area contributed by atoms with Crippen molar-refractivity contribution in [1.82, 2.24) is 4.90 Å². The molecule has 1 N–H and O–H groups in total. The van der Waals surface area contributed by atoms with Crippen molar-refractivity contribution in [2.24, 2.45) is 0 Å². The van der Waals surface area contributed by atoms with E-state index >= 15 is 0 Å². The van der Waals surface area contributed by atoms with Gasteiger partial charge in [0, 0.05) is 24.0 Å². The number of aliphatic hydroxyl groups excluding tert-OH is 1. The molecular weight excluding hydrogens is 194 g/mol. The van der Waals surface area contributed by atoms with Crippen LogP contribution in [0.4, 0.5) is 0 Å². The van der Waals surface area contributed by atoms with Gasteiger partial charge in [0.15, 0.2) is 0 Å². The Hall–Kier alpha value is -0.380. The maximum Gasteiger partial charge on any atom is 0.0639 e. The van der Waals surface area contributed by atoms with Crippen molar-refractivity contribution in [1.29, 1.82) is 0 Å². The first-order valence-electron chi connectivity index (χ1n) is 5.17. The third kappa shape index (κ3) is 1.85. The summed E-state index contributed by atoms with van der Waals surface area (Å²) in [5, 5.41) is 11.6. The van der Waals surface area contributed by atoms with Crippen molar-refractivity contribution in [2.45, 2.75) is 32.4 Å². The molecule has 0 amide bonds. The number of aliphatic hydroxyl groups is 1. The first-order chi connectivity index (χ1) is 6.68. The first-order valence-corrected chi connectivity index (χ1v) is 6.05. The predicted molar refractivity (Wildman–Crippen MR) is 59.7 cm³/mol. The summed E-state index contributed by atoms with van der Waals surface area (Å²) < 4.78 is 0. The zero-order chi connectivity index (χ0) is 10.1. The highest BCUT2D eigenvalue weighted by Gasteiger charge is 2.24. The van der Waals surface area contributed by atoms with Gasteiger partial charge in [0.1, 0.15) is 0 Å². The van der Waals surface area contributed by atoms with E-state index in [2.05, 4.69) is 23.3 Å². The van der Waals surface area contributed by atoms with Crippen LogP contribution in [-0.2, 0) is 6.42 Å². The van der Waals surface area contributed by atoms with E-state index in [0.717, 1.165) is 19.5 Å². The van der Waals surface area contributed by atoms with E-state index in [1.807, 2.05) is 18.3 Å². The van der Waals surface area contributed by atoms with Gasteiger partial charge in [0.25, 0.3) is 0 Å². The minimum Gasteiger partial charge on any atom is -0.392 e. The molecule has 1 aromatic rings. The van der Waals surface area contributed by atoms with Crippen molar-refractivity contribution >= 4 is 11.3 Å². The lowest BCUT2D eigenvalue weighted by Gasteiger charge is -2.34. The molecule has 0 bridgehead atoms. The Bertz CT molecular complexity index is 308. The third-order valence-electron chi connectivity index (χ3n) is 2.90. The predicted octanol–water partition coefficient (Wildman–Crippen LogP) is 2.05. The first kappa shape index (κ1) is 10.1. The average molecular weight is 211 g/mol. The molecule has 1 aliphatic heterocycles. The smallest absolute Gasteiger partial charge is 0.0639 e. The fourth-order valence-electron chi connectivity index (χ4n) is 2.15. The number of nitrogens with zero attached hydrogens (tertiary/aromatic N) is 1. The van der Waals surface area contributed by atoms with Gasteiger partial charge in [0.05, 0.1) is 6.10 Å². The van der Waals surface area contributed by atoms with Gasteiger partial charge in [-0.3, -0.25) is 4.90 Å². The molecule has 2 heterocycles. The number of hydrogen-bond donors (Lipinski definition) is 1. The molecule has 0 spiro atoms. The molecule has 1 aromatic heterocycles. The minimum atomic E-state index is -0.224. The van der Waals surface area contributed by atoms with Crippen LogP contribution in [0.3, 0.4) is 0 Å². The van der Waals surface area contributed by atoms with E-state index in [4.69, 9.17) is 0 Å². The van der Waals surface area contributed by atoms with E-state index < -0.39 is 0 Å². The Kier molecular flexibility index (Phi) is 2.91. The van der Waals surface area contributed by atoms with Gasteiger partial charge in [-0.1, -0.05) is 0 Å². The molecule has 2 atom stereocenters. The van der Waals surface area contributed by atoms with Crippen molar-refractivity contribution in [2.75, 3.05) is 13.1 Å².